The van der Waals surface area contributed by atoms with Crippen LogP contribution in [-0.2, 0) is 11.4 Å². The van der Waals surface area contributed by atoms with E-state index in [4.69, 9.17) is 9.47 Å². The fourth-order valence-electron chi connectivity index (χ4n) is 3.60. The number of thioether (sulfide) groups is 1. The summed E-state index contributed by atoms with van der Waals surface area (Å²) in [6.45, 7) is 4.07. The molecule has 3 aromatic rings. The van der Waals surface area contributed by atoms with Gasteiger partial charge in [0.1, 0.15) is 12.4 Å². The number of hydrogen-bond acceptors (Lipinski definition) is 6. The van der Waals surface area contributed by atoms with E-state index in [2.05, 4.69) is 21.9 Å². The number of ether oxygens (including phenoxy) is 2. The minimum Gasteiger partial charge on any atom is -0.493 e. The highest BCUT2D eigenvalue weighted by molar-refractivity contribution is 7.99. The summed E-state index contributed by atoms with van der Waals surface area (Å²) in [7, 11) is 1.56. The van der Waals surface area contributed by atoms with Crippen molar-refractivity contribution in [3.63, 3.8) is 0 Å². The van der Waals surface area contributed by atoms with Crippen LogP contribution >= 0.6 is 11.8 Å². The number of anilines is 1. The molecule has 2 N–H and O–H groups in total. The number of amides is 1. The van der Waals surface area contributed by atoms with Crippen molar-refractivity contribution in [3.05, 3.63) is 88.2 Å². The summed E-state index contributed by atoms with van der Waals surface area (Å²) < 4.78 is 11.5. The molecule has 32 heavy (non-hydrogen) atoms. The maximum absolute atomic E-state index is 12.9. The van der Waals surface area contributed by atoms with E-state index in [1.54, 1.807) is 19.3 Å². The number of aromatic nitrogens is 2. The highest BCUT2D eigenvalue weighted by Crippen LogP contribution is 2.38. The Bertz CT molecular complexity index is 1190. The summed E-state index contributed by atoms with van der Waals surface area (Å²) >= 11 is 1.34. The van der Waals surface area contributed by atoms with Crippen molar-refractivity contribution in [2.24, 2.45) is 0 Å². The number of carbonyl (C=O) groups is 1. The van der Waals surface area contributed by atoms with E-state index in [1.807, 2.05) is 42.5 Å². The van der Waals surface area contributed by atoms with E-state index in [1.165, 1.54) is 11.8 Å². The van der Waals surface area contributed by atoms with Gasteiger partial charge in [0.05, 0.1) is 12.7 Å². The highest BCUT2D eigenvalue weighted by Gasteiger charge is 2.31. The number of carbonyl (C=O) groups excluding carboxylic acids is 1. The second kappa shape index (κ2) is 9.74. The minimum absolute atomic E-state index is 0.143. The predicted octanol–water partition coefficient (Wildman–Crippen LogP) is 4.11. The molecular formula is C24H23N3O4S. The van der Waals surface area contributed by atoms with Gasteiger partial charge in [-0.25, -0.2) is 4.98 Å². The molecule has 1 amide bonds. The van der Waals surface area contributed by atoms with Crippen LogP contribution in [-0.4, -0.2) is 28.7 Å². The third kappa shape index (κ3) is 4.70. The molecule has 4 rings (SSSR count). The van der Waals surface area contributed by atoms with Gasteiger partial charge < -0.3 is 19.8 Å². The van der Waals surface area contributed by atoms with Gasteiger partial charge in [0.15, 0.2) is 16.7 Å². The zero-order valence-corrected chi connectivity index (χ0v) is 18.4. The molecule has 2 aromatic carbocycles. The van der Waals surface area contributed by atoms with Crippen molar-refractivity contribution in [1.82, 2.24) is 9.97 Å². The summed E-state index contributed by atoms with van der Waals surface area (Å²) in [4.78, 5) is 32.5. The molecule has 0 spiro atoms. The zero-order valence-electron chi connectivity index (χ0n) is 17.6. The van der Waals surface area contributed by atoms with Crippen LogP contribution < -0.4 is 20.3 Å². The Morgan fingerprint density at radius 1 is 1.19 bits per heavy atom. The molecule has 1 aliphatic heterocycles. The summed E-state index contributed by atoms with van der Waals surface area (Å²) in [5.41, 5.74) is 1.99. The Morgan fingerprint density at radius 3 is 2.75 bits per heavy atom. The van der Waals surface area contributed by atoms with Crippen molar-refractivity contribution < 1.29 is 14.3 Å². The van der Waals surface area contributed by atoms with E-state index in [0.717, 1.165) is 11.1 Å². The molecule has 0 fully saturated rings. The number of nitrogens with zero attached hydrogens (tertiary/aromatic N) is 1. The molecule has 164 valence electrons. The molecule has 8 heteroatoms. The Kier molecular flexibility index (Phi) is 6.61. The number of fused-ring (bicyclic) bond motifs is 1. The number of methoxy groups -OCH3 is 1. The lowest BCUT2D eigenvalue weighted by atomic mass is 9.86. The van der Waals surface area contributed by atoms with Crippen LogP contribution in [0.4, 0.5) is 5.82 Å². The molecule has 1 aromatic heterocycles. The predicted molar refractivity (Wildman–Crippen MR) is 125 cm³/mol. The molecule has 0 radical (unpaired) electrons. The van der Waals surface area contributed by atoms with Gasteiger partial charge >= 0.3 is 0 Å². The first-order valence-electron chi connectivity index (χ1n) is 10.1. The fraction of sp³-hybridized carbons (Fsp3) is 0.208. The third-order valence-corrected chi connectivity index (χ3v) is 5.96. The normalized spacial score (nSPS) is 14.9. The van der Waals surface area contributed by atoms with E-state index in [-0.39, 0.29) is 17.9 Å². The van der Waals surface area contributed by atoms with Crippen molar-refractivity contribution in [2.75, 3.05) is 18.2 Å². The van der Waals surface area contributed by atoms with Crippen LogP contribution in [0.2, 0.25) is 0 Å². The van der Waals surface area contributed by atoms with E-state index in [9.17, 15) is 9.59 Å². The summed E-state index contributed by atoms with van der Waals surface area (Å²) in [5, 5.41) is 3.17. The van der Waals surface area contributed by atoms with Crippen molar-refractivity contribution in [3.8, 4) is 11.5 Å². The Balaban J connectivity index is 1.64. The fourth-order valence-corrected chi connectivity index (χ4v) is 4.19. The van der Waals surface area contributed by atoms with E-state index in [0.29, 0.717) is 40.4 Å². The first-order chi connectivity index (χ1) is 15.6. The molecule has 1 unspecified atom stereocenters. The smallest absolute Gasteiger partial charge is 0.257 e. The molecule has 7 nitrogen and oxygen atoms in total. The average Bonchev–Trinajstić information content (AvgIpc) is 2.81. The summed E-state index contributed by atoms with van der Waals surface area (Å²) in [5.74, 6) is 1.39. The van der Waals surface area contributed by atoms with Crippen LogP contribution in [0.1, 0.15) is 29.0 Å². The van der Waals surface area contributed by atoms with Gasteiger partial charge in [0.2, 0.25) is 5.91 Å². The van der Waals surface area contributed by atoms with Gasteiger partial charge in [-0.1, -0.05) is 54.2 Å². The summed E-state index contributed by atoms with van der Waals surface area (Å²) in [6, 6.07) is 15.3. The third-order valence-electron chi connectivity index (χ3n) is 5.09. The molecule has 0 saturated heterocycles. The standard InChI is InChI=1S/C24H23N3O4S/c1-3-11-32-24-26-22-21(23(29)27-24)17(13-20(28)25-22)16-9-10-18(19(12-16)30-2)31-14-15-7-5-4-6-8-15/h3-10,12,17H,1,11,13-14H2,2H3,(H2,25,26,27,28,29). The first-order valence-corrected chi connectivity index (χ1v) is 11.1. The Hall–Kier alpha value is -3.52. The average molecular weight is 450 g/mol. The SMILES string of the molecule is C=CCSc1nc2c(c(=O)[nH]1)C(c1ccc(OCc3ccccc3)c(OC)c1)CC(=O)N2. The van der Waals surface area contributed by atoms with Gasteiger partial charge in [-0.05, 0) is 23.3 Å². The number of hydrogen-bond donors (Lipinski definition) is 2. The van der Waals surface area contributed by atoms with Gasteiger partial charge in [0, 0.05) is 18.1 Å². The van der Waals surface area contributed by atoms with E-state index < -0.39 is 5.92 Å². The van der Waals surface area contributed by atoms with Gasteiger partial charge in [-0.15, -0.1) is 6.58 Å². The second-order valence-electron chi connectivity index (χ2n) is 7.22. The monoisotopic (exact) mass is 449 g/mol. The molecule has 0 aliphatic carbocycles. The Labute approximate surface area is 189 Å². The van der Waals surface area contributed by atoms with Crippen LogP contribution in [0.3, 0.4) is 0 Å². The zero-order chi connectivity index (χ0) is 22.5. The lowest BCUT2D eigenvalue weighted by Gasteiger charge is -2.25. The first kappa shape index (κ1) is 21.7. The van der Waals surface area contributed by atoms with E-state index >= 15 is 0 Å². The lowest BCUT2D eigenvalue weighted by Crippen LogP contribution is -2.31. The van der Waals surface area contributed by atoms with Crippen molar-refractivity contribution in [1.29, 1.82) is 0 Å². The quantitative estimate of drug-likeness (QED) is 0.305. The number of aromatic amines is 1. The number of benzene rings is 2. The Morgan fingerprint density at radius 2 is 2.00 bits per heavy atom. The van der Waals surface area contributed by atoms with Gasteiger partial charge in [0.25, 0.3) is 5.56 Å². The van der Waals surface area contributed by atoms with Crippen LogP contribution in [0.15, 0.2) is 71.1 Å². The maximum Gasteiger partial charge on any atom is 0.257 e. The number of rotatable bonds is 8. The van der Waals surface area contributed by atoms with Crippen LogP contribution in [0.5, 0.6) is 11.5 Å². The molecule has 1 atom stereocenters. The molecular weight excluding hydrogens is 426 g/mol. The minimum atomic E-state index is -0.439. The second-order valence-corrected chi connectivity index (χ2v) is 8.23. The number of H-pyrrole nitrogens is 1. The summed E-state index contributed by atoms with van der Waals surface area (Å²) in [6.07, 6.45) is 1.86. The van der Waals surface area contributed by atoms with Crippen molar-refractivity contribution in [2.45, 2.75) is 24.1 Å². The van der Waals surface area contributed by atoms with Crippen LogP contribution in [0.25, 0.3) is 0 Å². The molecule has 1 aliphatic rings. The van der Waals surface area contributed by atoms with Crippen LogP contribution in [0, 0.1) is 0 Å². The van der Waals surface area contributed by atoms with Gasteiger partial charge in [-0.3, -0.25) is 9.59 Å². The maximum atomic E-state index is 12.9. The molecule has 2 heterocycles. The molecule has 0 bridgehead atoms. The van der Waals surface area contributed by atoms with Gasteiger partial charge in [-0.2, -0.15) is 0 Å². The number of nitrogens with one attached hydrogen (secondary N) is 2. The van der Waals surface area contributed by atoms with Crippen molar-refractivity contribution >= 4 is 23.5 Å². The largest absolute Gasteiger partial charge is 0.493 e. The highest BCUT2D eigenvalue weighted by atomic mass is 32.2. The molecule has 0 saturated carbocycles. The lowest BCUT2D eigenvalue weighted by molar-refractivity contribution is -0.116. The topological polar surface area (TPSA) is 93.3 Å².